The molecule has 1 N–H and O–H groups in total. The van der Waals surface area contributed by atoms with Crippen molar-refractivity contribution in [3.05, 3.63) is 35.4 Å². The minimum absolute atomic E-state index is 0.722. The van der Waals surface area contributed by atoms with E-state index in [0.717, 1.165) is 36.8 Å². The van der Waals surface area contributed by atoms with Crippen LogP contribution < -0.4 is 5.32 Å². The first-order valence-corrected chi connectivity index (χ1v) is 8.38. The second-order valence-corrected chi connectivity index (χ2v) is 7.10. The zero-order valence-electron chi connectivity index (χ0n) is 13.7. The Kier molecular flexibility index (Phi) is 5.65. The van der Waals surface area contributed by atoms with Crippen LogP contribution in [0.4, 0.5) is 0 Å². The largest absolute Gasteiger partial charge is 0.316 e. The fourth-order valence-electron chi connectivity index (χ4n) is 3.73. The molecule has 0 radical (unpaired) electrons. The average molecular weight is 273 g/mol. The summed E-state index contributed by atoms with van der Waals surface area (Å²) in [6.07, 6.45) is 3.96. The summed E-state index contributed by atoms with van der Waals surface area (Å²) in [5.74, 6) is 3.04. The Labute approximate surface area is 125 Å². The molecular weight excluding hydrogens is 242 g/mol. The van der Waals surface area contributed by atoms with Gasteiger partial charge in [0.05, 0.1) is 0 Å². The third kappa shape index (κ3) is 3.85. The van der Waals surface area contributed by atoms with E-state index in [1.165, 1.54) is 19.3 Å². The average Bonchev–Trinajstić information content (AvgIpc) is 2.42. The normalized spacial score (nSPS) is 18.9. The summed E-state index contributed by atoms with van der Waals surface area (Å²) in [5, 5.41) is 3.76. The lowest BCUT2D eigenvalue weighted by Crippen LogP contribution is -2.33. The third-order valence-corrected chi connectivity index (χ3v) is 4.98. The first-order chi connectivity index (χ1) is 9.59. The van der Waals surface area contributed by atoms with Gasteiger partial charge in [-0.2, -0.15) is 0 Å². The maximum atomic E-state index is 3.76. The van der Waals surface area contributed by atoms with Crippen molar-refractivity contribution in [3.8, 4) is 0 Å². The topological polar surface area (TPSA) is 12.0 Å². The number of benzene rings is 1. The Hall–Kier alpha value is -0.820. The van der Waals surface area contributed by atoms with Gasteiger partial charge in [-0.15, -0.1) is 0 Å². The van der Waals surface area contributed by atoms with E-state index in [9.17, 15) is 0 Å². The van der Waals surface area contributed by atoms with Crippen LogP contribution in [0.25, 0.3) is 0 Å². The smallest absolute Gasteiger partial charge is 0.00203 e. The van der Waals surface area contributed by atoms with Crippen molar-refractivity contribution in [1.82, 2.24) is 5.32 Å². The summed E-state index contributed by atoms with van der Waals surface area (Å²) < 4.78 is 0. The summed E-state index contributed by atoms with van der Waals surface area (Å²) in [6.45, 7) is 11.7. The first-order valence-electron chi connectivity index (χ1n) is 8.38. The molecule has 1 atom stereocenters. The van der Waals surface area contributed by atoms with E-state index in [1.807, 2.05) is 0 Å². The zero-order chi connectivity index (χ0) is 14.5. The predicted molar refractivity (Wildman–Crippen MR) is 88.2 cm³/mol. The molecule has 1 aromatic rings. The lowest BCUT2D eigenvalue weighted by atomic mass is 9.82. The van der Waals surface area contributed by atoms with Crippen molar-refractivity contribution in [1.29, 1.82) is 0 Å². The highest BCUT2D eigenvalue weighted by molar-refractivity contribution is 5.32. The van der Waals surface area contributed by atoms with Crippen LogP contribution in [0.1, 0.15) is 57.6 Å². The van der Waals surface area contributed by atoms with E-state index in [2.05, 4.69) is 57.3 Å². The number of hydrogen-bond acceptors (Lipinski definition) is 1. The van der Waals surface area contributed by atoms with Crippen molar-refractivity contribution < 1.29 is 0 Å². The Bertz CT molecular complexity index is 400. The van der Waals surface area contributed by atoms with Crippen LogP contribution in [0.3, 0.4) is 0 Å². The number of hydrogen-bond donors (Lipinski definition) is 1. The molecule has 1 aliphatic rings. The second-order valence-electron chi connectivity index (χ2n) is 7.10. The van der Waals surface area contributed by atoms with E-state index in [-0.39, 0.29) is 0 Å². The Morgan fingerprint density at radius 2 is 1.80 bits per heavy atom. The van der Waals surface area contributed by atoms with E-state index in [4.69, 9.17) is 0 Å². The van der Waals surface area contributed by atoms with Crippen LogP contribution in [0.15, 0.2) is 24.3 Å². The molecule has 1 unspecified atom stereocenters. The molecule has 1 nitrogen and oxygen atoms in total. The molecule has 0 saturated heterocycles. The standard InChI is InChI=1S/C19H31N/c1-14(2)19(15(3)4)13-20-12-17-10-7-9-16-8-5-6-11-18(16)17/h5-6,8,11,14-15,17,19-20H,7,9-10,12-13H2,1-4H3. The van der Waals surface area contributed by atoms with Gasteiger partial charge in [-0.25, -0.2) is 0 Å². The second kappa shape index (κ2) is 7.26. The number of fused-ring (bicyclic) bond motifs is 1. The monoisotopic (exact) mass is 273 g/mol. The van der Waals surface area contributed by atoms with Crippen molar-refractivity contribution in [3.63, 3.8) is 0 Å². The molecule has 0 aromatic heterocycles. The molecular formula is C19H31N. The van der Waals surface area contributed by atoms with E-state index in [1.54, 1.807) is 11.1 Å². The van der Waals surface area contributed by atoms with Gasteiger partial charge in [-0.1, -0.05) is 52.0 Å². The molecule has 1 aliphatic carbocycles. The Morgan fingerprint density at radius 3 is 2.50 bits per heavy atom. The summed E-state index contributed by atoms with van der Waals surface area (Å²) in [6, 6.07) is 9.03. The van der Waals surface area contributed by atoms with Gasteiger partial charge in [0, 0.05) is 6.54 Å². The lowest BCUT2D eigenvalue weighted by molar-refractivity contribution is 0.273. The zero-order valence-corrected chi connectivity index (χ0v) is 13.7. The summed E-state index contributed by atoms with van der Waals surface area (Å²) in [7, 11) is 0. The predicted octanol–water partition coefficient (Wildman–Crippen LogP) is 4.62. The van der Waals surface area contributed by atoms with Gasteiger partial charge in [0.25, 0.3) is 0 Å². The van der Waals surface area contributed by atoms with Crippen LogP contribution in [0.2, 0.25) is 0 Å². The third-order valence-electron chi connectivity index (χ3n) is 4.98. The van der Waals surface area contributed by atoms with Crippen molar-refractivity contribution in [2.75, 3.05) is 13.1 Å². The fourth-order valence-corrected chi connectivity index (χ4v) is 3.73. The molecule has 0 bridgehead atoms. The first kappa shape index (κ1) is 15.6. The molecule has 20 heavy (non-hydrogen) atoms. The van der Waals surface area contributed by atoms with Gasteiger partial charge in [0.15, 0.2) is 0 Å². The number of rotatable bonds is 6. The van der Waals surface area contributed by atoms with Crippen molar-refractivity contribution >= 4 is 0 Å². The number of aryl methyl sites for hydroxylation is 1. The van der Waals surface area contributed by atoms with Gasteiger partial charge in [-0.3, -0.25) is 0 Å². The van der Waals surface area contributed by atoms with Crippen LogP contribution in [0, 0.1) is 17.8 Å². The summed E-state index contributed by atoms with van der Waals surface area (Å²) in [5.41, 5.74) is 3.17. The fraction of sp³-hybridized carbons (Fsp3) is 0.684. The summed E-state index contributed by atoms with van der Waals surface area (Å²) in [4.78, 5) is 0. The molecule has 0 aliphatic heterocycles. The lowest BCUT2D eigenvalue weighted by Gasteiger charge is -2.29. The van der Waals surface area contributed by atoms with Gasteiger partial charge < -0.3 is 5.32 Å². The van der Waals surface area contributed by atoms with Gasteiger partial charge in [0.1, 0.15) is 0 Å². The molecule has 0 heterocycles. The SMILES string of the molecule is CC(C)C(CNCC1CCCc2ccccc21)C(C)C. The van der Waals surface area contributed by atoms with Crippen LogP contribution in [-0.2, 0) is 6.42 Å². The molecule has 0 saturated carbocycles. The van der Waals surface area contributed by atoms with Crippen LogP contribution in [0.5, 0.6) is 0 Å². The molecule has 0 amide bonds. The number of nitrogens with one attached hydrogen (secondary N) is 1. The van der Waals surface area contributed by atoms with Crippen molar-refractivity contribution in [2.24, 2.45) is 17.8 Å². The highest BCUT2D eigenvalue weighted by atomic mass is 14.9. The van der Waals surface area contributed by atoms with E-state index < -0.39 is 0 Å². The minimum Gasteiger partial charge on any atom is -0.316 e. The molecule has 0 fully saturated rings. The van der Waals surface area contributed by atoms with E-state index >= 15 is 0 Å². The molecule has 0 spiro atoms. The van der Waals surface area contributed by atoms with Crippen LogP contribution >= 0.6 is 0 Å². The van der Waals surface area contributed by atoms with E-state index in [0.29, 0.717) is 0 Å². The molecule has 112 valence electrons. The quantitative estimate of drug-likeness (QED) is 0.797. The Balaban J connectivity index is 1.89. The maximum absolute atomic E-state index is 3.76. The highest BCUT2D eigenvalue weighted by Crippen LogP contribution is 2.31. The minimum atomic E-state index is 0.722. The summed E-state index contributed by atoms with van der Waals surface area (Å²) >= 11 is 0. The Morgan fingerprint density at radius 1 is 1.10 bits per heavy atom. The molecule has 1 heteroatoms. The van der Waals surface area contributed by atoms with Crippen molar-refractivity contribution in [2.45, 2.75) is 52.9 Å². The molecule has 2 rings (SSSR count). The van der Waals surface area contributed by atoms with Gasteiger partial charge in [0.2, 0.25) is 0 Å². The van der Waals surface area contributed by atoms with Gasteiger partial charge >= 0.3 is 0 Å². The maximum Gasteiger partial charge on any atom is 0.00203 e. The van der Waals surface area contributed by atoms with Gasteiger partial charge in [-0.05, 0) is 60.6 Å². The highest BCUT2D eigenvalue weighted by Gasteiger charge is 2.21. The molecule has 1 aromatic carbocycles. The van der Waals surface area contributed by atoms with Crippen LogP contribution in [-0.4, -0.2) is 13.1 Å².